The Balaban J connectivity index is 1.27. The molecule has 1 amide bonds. The molecule has 0 spiro atoms. The molecule has 1 saturated heterocycles. The smallest absolute Gasteiger partial charge is 0.426 e. The normalized spacial score (nSPS) is 22.4. The zero-order valence-electron chi connectivity index (χ0n) is 25.2. The Kier molecular flexibility index (Phi) is 9.09. The van der Waals surface area contributed by atoms with E-state index in [9.17, 15) is 31.1 Å². The molecule has 0 bridgehead atoms. The van der Waals surface area contributed by atoms with E-state index in [0.717, 1.165) is 21.6 Å². The highest BCUT2D eigenvalue weighted by Crippen LogP contribution is 2.36. The summed E-state index contributed by atoms with van der Waals surface area (Å²) in [6, 6.07) is 9.37. The minimum absolute atomic E-state index is 0.130. The summed E-state index contributed by atoms with van der Waals surface area (Å²) in [4.78, 5) is 30.8. The highest BCUT2D eigenvalue weighted by atomic mass is 19.4. The number of alkyl halides is 6. The number of rotatable bonds is 7. The molecule has 254 valence electrons. The molecule has 6 rings (SSSR count). The zero-order valence-corrected chi connectivity index (χ0v) is 25.2. The van der Waals surface area contributed by atoms with Gasteiger partial charge in [0.15, 0.2) is 18.2 Å². The molecule has 1 aromatic heterocycles. The summed E-state index contributed by atoms with van der Waals surface area (Å²) in [5.41, 5.74) is 10.3. The fourth-order valence-corrected chi connectivity index (χ4v) is 6.00. The van der Waals surface area contributed by atoms with Crippen molar-refractivity contribution in [1.29, 1.82) is 0 Å². The Morgan fingerprint density at radius 2 is 1.81 bits per heavy atom. The van der Waals surface area contributed by atoms with Crippen LogP contribution in [0.5, 0.6) is 0 Å². The lowest BCUT2D eigenvalue weighted by Crippen LogP contribution is -2.55. The van der Waals surface area contributed by atoms with Gasteiger partial charge >= 0.3 is 18.4 Å². The van der Waals surface area contributed by atoms with E-state index in [1.165, 1.54) is 6.34 Å². The third-order valence-corrected chi connectivity index (χ3v) is 8.30. The maximum atomic E-state index is 13.0. The predicted molar refractivity (Wildman–Crippen MR) is 160 cm³/mol. The molecule has 48 heavy (non-hydrogen) atoms. The van der Waals surface area contributed by atoms with E-state index in [2.05, 4.69) is 30.1 Å². The molecule has 4 N–H and O–H groups in total. The van der Waals surface area contributed by atoms with E-state index in [4.69, 9.17) is 10.7 Å². The van der Waals surface area contributed by atoms with Gasteiger partial charge in [-0.05, 0) is 29.6 Å². The lowest BCUT2D eigenvalue weighted by molar-refractivity contribution is -0.455. The first-order valence-corrected chi connectivity index (χ1v) is 15.0. The Bertz CT molecular complexity index is 1660. The largest absolute Gasteiger partial charge is 0.434 e. The SMILES string of the molecule is NC1=NC(=C2C=C([C@H](Cc3ccccc3)N3CCN(C(=O)OC(C(F)(F)F)C(F)(F)F)CC3)C=CC2)N(Cc2c[nH+][nH]n2)C2N=CN=C12. The maximum absolute atomic E-state index is 13.0. The van der Waals surface area contributed by atoms with Gasteiger partial charge < -0.3 is 20.3 Å². The number of amides is 1. The van der Waals surface area contributed by atoms with Gasteiger partial charge in [0.2, 0.25) is 5.69 Å². The molecule has 1 unspecified atom stereocenters. The Hall–Kier alpha value is -5.00. The number of ether oxygens (including phenoxy) is 1. The maximum Gasteiger partial charge on any atom is 0.434 e. The van der Waals surface area contributed by atoms with Gasteiger partial charge in [-0.25, -0.2) is 19.8 Å². The number of fused-ring (bicyclic) bond motifs is 1. The first-order chi connectivity index (χ1) is 22.9. The van der Waals surface area contributed by atoms with Crippen LogP contribution in [0.1, 0.15) is 17.7 Å². The van der Waals surface area contributed by atoms with E-state index in [1.54, 1.807) is 6.20 Å². The minimum atomic E-state index is -5.79. The summed E-state index contributed by atoms with van der Waals surface area (Å²) in [7, 11) is 0. The van der Waals surface area contributed by atoms with Crippen LogP contribution in [0.3, 0.4) is 0 Å². The van der Waals surface area contributed by atoms with Crippen LogP contribution in [0, 0.1) is 0 Å². The topological polar surface area (TPSA) is 142 Å². The van der Waals surface area contributed by atoms with Gasteiger partial charge in [-0.15, -0.1) is 0 Å². The number of hydrogen-bond acceptors (Lipinski definition) is 9. The van der Waals surface area contributed by atoms with Crippen molar-refractivity contribution in [3.63, 3.8) is 0 Å². The average molecular weight is 678 g/mol. The second-order valence-corrected chi connectivity index (χ2v) is 11.5. The van der Waals surface area contributed by atoms with Crippen LogP contribution in [0.15, 0.2) is 86.7 Å². The average Bonchev–Trinajstić information content (AvgIpc) is 3.76. The van der Waals surface area contributed by atoms with Crippen molar-refractivity contribution in [2.75, 3.05) is 26.2 Å². The monoisotopic (exact) mass is 677 g/mol. The lowest BCUT2D eigenvalue weighted by Gasteiger charge is -2.40. The number of carbonyl (C=O) groups is 1. The van der Waals surface area contributed by atoms with Crippen molar-refractivity contribution in [2.45, 2.75) is 50.1 Å². The van der Waals surface area contributed by atoms with E-state index >= 15 is 0 Å². The van der Waals surface area contributed by atoms with Gasteiger partial charge in [0.05, 0.1) is 6.54 Å². The summed E-state index contributed by atoms with van der Waals surface area (Å²) in [6.45, 7) is 0.438. The number of carbonyl (C=O) groups excluding carboxylic acids is 1. The van der Waals surface area contributed by atoms with Gasteiger partial charge in [0.25, 0.3) is 6.10 Å². The van der Waals surface area contributed by atoms with E-state index in [1.807, 2.05) is 58.4 Å². The number of nitrogens with zero attached hydrogens (tertiary/aromatic N) is 7. The van der Waals surface area contributed by atoms with Crippen LogP contribution >= 0.6 is 0 Å². The Labute approximate surface area is 270 Å². The molecule has 0 saturated carbocycles. The van der Waals surface area contributed by atoms with Crippen molar-refractivity contribution in [1.82, 2.24) is 25.0 Å². The van der Waals surface area contributed by atoms with Crippen molar-refractivity contribution in [3.8, 4) is 0 Å². The van der Waals surface area contributed by atoms with Crippen molar-refractivity contribution in [3.05, 3.63) is 83.0 Å². The number of aliphatic imine (C=N–C) groups is 3. The molecule has 1 fully saturated rings. The molecule has 3 aliphatic heterocycles. The number of amidine groups is 1. The molecule has 4 aliphatic rings. The van der Waals surface area contributed by atoms with Gasteiger partial charge in [0, 0.05) is 37.3 Å². The predicted octanol–water partition coefficient (Wildman–Crippen LogP) is 3.16. The highest BCUT2D eigenvalue weighted by Gasteiger charge is 2.60. The summed E-state index contributed by atoms with van der Waals surface area (Å²) >= 11 is 0. The summed E-state index contributed by atoms with van der Waals surface area (Å²) in [5, 5.41) is 9.75. The van der Waals surface area contributed by atoms with Crippen LogP contribution in [-0.4, -0.2) is 106 Å². The van der Waals surface area contributed by atoms with Crippen LogP contribution < -0.4 is 10.8 Å². The number of halogens is 6. The molecule has 18 heteroatoms. The standard InChI is InChI=1S/C30H30F6N10O2/c31-29(32,33)27(30(34,35)36)48-28(47)45-11-9-44(10-12-45)22(13-18-5-2-1-3-6-18)19-7-4-8-20(14-19)25-41-24(37)23-26(39-17-38-23)46(25)16-21-15-40-43-42-21/h1-7,14-15,17,22,26-27H,8-13,16H2,(H2,37,41)(H,40,42,43)/p+1/t22-,26?/m0/s1. The minimum Gasteiger partial charge on any atom is -0.426 e. The molecular formula is C30H31F6N10O2+. The molecular weight excluding hydrogens is 646 g/mol. The van der Waals surface area contributed by atoms with Gasteiger partial charge in [-0.1, -0.05) is 53.8 Å². The van der Waals surface area contributed by atoms with Crippen molar-refractivity contribution >= 4 is 24.0 Å². The highest BCUT2D eigenvalue weighted by molar-refractivity contribution is 6.45. The van der Waals surface area contributed by atoms with E-state index in [-0.39, 0.29) is 38.1 Å². The number of piperazine rings is 1. The van der Waals surface area contributed by atoms with Crippen LogP contribution in [-0.2, 0) is 17.7 Å². The van der Waals surface area contributed by atoms with Gasteiger partial charge in [-0.3, -0.25) is 4.90 Å². The number of aromatic amines is 2. The fourth-order valence-electron chi connectivity index (χ4n) is 6.00. The Morgan fingerprint density at radius 3 is 2.48 bits per heavy atom. The number of allylic oxidation sites excluding steroid dienone is 3. The van der Waals surface area contributed by atoms with Crippen LogP contribution in [0.2, 0.25) is 0 Å². The Morgan fingerprint density at radius 1 is 1.08 bits per heavy atom. The molecule has 1 aliphatic carbocycles. The molecule has 12 nitrogen and oxygen atoms in total. The second kappa shape index (κ2) is 13.2. The zero-order chi connectivity index (χ0) is 34.1. The first-order valence-electron chi connectivity index (χ1n) is 15.0. The number of benzene rings is 1. The van der Waals surface area contributed by atoms with Crippen molar-refractivity contribution < 1.29 is 41.0 Å². The van der Waals surface area contributed by atoms with Gasteiger partial charge in [0.1, 0.15) is 17.9 Å². The van der Waals surface area contributed by atoms with Crippen LogP contribution in [0.4, 0.5) is 31.1 Å². The third-order valence-electron chi connectivity index (χ3n) is 8.30. The molecule has 4 heterocycles. The third kappa shape index (κ3) is 7.12. The molecule has 0 radical (unpaired) electrons. The molecule has 2 atom stereocenters. The quantitative estimate of drug-likeness (QED) is 0.432. The van der Waals surface area contributed by atoms with E-state index in [0.29, 0.717) is 36.6 Å². The first kappa shape index (κ1) is 32.9. The lowest BCUT2D eigenvalue weighted by atomic mass is 9.90. The van der Waals surface area contributed by atoms with Crippen molar-refractivity contribution in [2.24, 2.45) is 20.7 Å². The van der Waals surface area contributed by atoms with E-state index < -0.39 is 30.7 Å². The van der Waals surface area contributed by atoms with Gasteiger partial charge in [-0.2, -0.15) is 31.4 Å². The summed E-state index contributed by atoms with van der Waals surface area (Å²) in [6.07, 6.45) is -7.73. The number of nitrogens with one attached hydrogen (secondary N) is 2. The summed E-state index contributed by atoms with van der Waals surface area (Å²) < 4.78 is 82.0. The number of hydrogen-bond donors (Lipinski definition) is 2. The second-order valence-electron chi connectivity index (χ2n) is 11.5. The fraction of sp³-hybridized carbons (Fsp3) is 0.400. The molecule has 2 aromatic rings. The number of nitrogens with two attached hydrogens (primary N) is 1. The van der Waals surface area contributed by atoms with Crippen LogP contribution in [0.25, 0.3) is 0 Å². The number of H-pyrrole nitrogens is 2. The summed E-state index contributed by atoms with van der Waals surface area (Å²) in [5.74, 6) is 0.840. The molecule has 1 aromatic carbocycles. The number of aromatic nitrogens is 3.